The van der Waals surface area contributed by atoms with Gasteiger partial charge in [0.15, 0.2) is 0 Å². The summed E-state index contributed by atoms with van der Waals surface area (Å²) < 4.78 is 14.2. The van der Waals surface area contributed by atoms with Gasteiger partial charge in [0, 0.05) is 37.1 Å². The fourth-order valence-corrected chi connectivity index (χ4v) is 4.85. The highest BCUT2D eigenvalue weighted by Gasteiger charge is 2.47. The normalized spacial score (nSPS) is 17.5. The van der Waals surface area contributed by atoms with E-state index in [0.717, 1.165) is 11.1 Å². The van der Waals surface area contributed by atoms with E-state index in [-0.39, 0.29) is 30.7 Å². The average molecular weight is 444 g/mol. The second-order valence-electron chi connectivity index (χ2n) is 8.69. The highest BCUT2D eigenvalue weighted by Crippen LogP contribution is 2.32. The number of hydrogen-bond donors (Lipinski definition) is 1. The smallest absolute Gasteiger partial charge is 0.253 e. The number of benzene rings is 3. The Morgan fingerprint density at radius 1 is 0.879 bits per heavy atom. The molecule has 2 saturated heterocycles. The average Bonchev–Trinajstić information content (AvgIpc) is 3.16. The summed E-state index contributed by atoms with van der Waals surface area (Å²) in [5, 5.41) is 3.35. The van der Waals surface area contributed by atoms with E-state index in [4.69, 9.17) is 0 Å². The molecular weight excluding hydrogens is 417 g/mol. The molecule has 33 heavy (non-hydrogen) atoms. The van der Waals surface area contributed by atoms with Gasteiger partial charge in [0.2, 0.25) is 5.91 Å². The van der Waals surface area contributed by atoms with Crippen LogP contribution in [0.25, 0.3) is 11.1 Å². The van der Waals surface area contributed by atoms with Crippen molar-refractivity contribution in [2.75, 3.05) is 19.6 Å². The number of carbonyl (C=O) groups excluding carboxylic acids is 2. The zero-order chi connectivity index (χ0) is 22.8. The van der Waals surface area contributed by atoms with Crippen molar-refractivity contribution in [2.24, 2.45) is 0 Å². The molecule has 3 aromatic carbocycles. The van der Waals surface area contributed by atoms with Crippen LogP contribution in [0.4, 0.5) is 4.39 Å². The molecule has 5 rings (SSSR count). The maximum atomic E-state index is 14.2. The molecule has 2 fully saturated rings. The molecule has 6 heteroatoms. The Bertz CT molecular complexity index is 1160. The largest absolute Gasteiger partial charge is 0.338 e. The zero-order valence-electron chi connectivity index (χ0n) is 18.3. The van der Waals surface area contributed by atoms with Crippen LogP contribution in [0, 0.1) is 5.82 Å². The van der Waals surface area contributed by atoms with Crippen LogP contribution in [0.3, 0.4) is 0 Å². The first-order valence-corrected chi connectivity index (χ1v) is 11.3. The predicted molar refractivity (Wildman–Crippen MR) is 125 cm³/mol. The third-order valence-corrected chi connectivity index (χ3v) is 6.79. The fourth-order valence-electron chi connectivity index (χ4n) is 4.85. The lowest BCUT2D eigenvalue weighted by Gasteiger charge is -2.44. The first-order valence-electron chi connectivity index (χ1n) is 11.3. The molecule has 2 amide bonds. The molecule has 0 aliphatic carbocycles. The SMILES string of the molecule is O=C(c1ccc(-c2ccccc2)cc1)N1CCC2(CC1)NCC(=O)N2Cc1ccccc1F. The molecule has 3 aromatic rings. The van der Waals surface area contributed by atoms with Gasteiger partial charge in [-0.15, -0.1) is 0 Å². The zero-order valence-corrected chi connectivity index (χ0v) is 18.3. The van der Waals surface area contributed by atoms with Gasteiger partial charge < -0.3 is 9.80 Å². The molecule has 0 atom stereocenters. The minimum atomic E-state index is -0.534. The standard InChI is InChI=1S/C27H26FN3O2/c28-24-9-5-4-8-23(24)19-31-25(32)18-29-27(31)14-16-30(17-15-27)26(33)22-12-10-21(11-13-22)20-6-2-1-3-7-20/h1-13,29H,14-19H2. The Hall–Kier alpha value is -3.51. The molecule has 168 valence electrons. The van der Waals surface area contributed by atoms with E-state index in [1.807, 2.05) is 59.5 Å². The van der Waals surface area contributed by atoms with Crippen molar-refractivity contribution in [1.82, 2.24) is 15.1 Å². The first-order chi connectivity index (χ1) is 16.1. The topological polar surface area (TPSA) is 52.7 Å². The minimum Gasteiger partial charge on any atom is -0.338 e. The van der Waals surface area contributed by atoms with Crippen molar-refractivity contribution >= 4 is 11.8 Å². The minimum absolute atomic E-state index is 0.00515. The summed E-state index contributed by atoms with van der Waals surface area (Å²) in [6.45, 7) is 1.54. The molecule has 2 heterocycles. The van der Waals surface area contributed by atoms with E-state index in [9.17, 15) is 14.0 Å². The molecule has 1 spiro atoms. The van der Waals surface area contributed by atoms with Crippen LogP contribution in [-0.4, -0.2) is 46.9 Å². The van der Waals surface area contributed by atoms with Crippen LogP contribution < -0.4 is 5.32 Å². The van der Waals surface area contributed by atoms with Crippen molar-refractivity contribution in [3.8, 4) is 11.1 Å². The van der Waals surface area contributed by atoms with Crippen molar-refractivity contribution in [2.45, 2.75) is 25.0 Å². The molecule has 2 aliphatic heterocycles. The summed E-state index contributed by atoms with van der Waals surface area (Å²) in [5.74, 6) is -0.345. The van der Waals surface area contributed by atoms with Crippen LogP contribution in [0.1, 0.15) is 28.8 Å². The van der Waals surface area contributed by atoms with Crippen molar-refractivity contribution in [3.05, 3.63) is 95.8 Å². The van der Waals surface area contributed by atoms with E-state index in [2.05, 4.69) is 5.32 Å². The Balaban J connectivity index is 1.26. The van der Waals surface area contributed by atoms with Gasteiger partial charge in [-0.3, -0.25) is 14.9 Å². The number of nitrogens with zero attached hydrogens (tertiary/aromatic N) is 2. The summed E-state index contributed by atoms with van der Waals surface area (Å²) in [5.41, 5.74) is 2.81. The maximum absolute atomic E-state index is 14.2. The van der Waals surface area contributed by atoms with E-state index in [0.29, 0.717) is 37.1 Å². The number of hydrogen-bond acceptors (Lipinski definition) is 3. The summed E-state index contributed by atoms with van der Waals surface area (Å²) in [6.07, 6.45) is 1.22. The van der Waals surface area contributed by atoms with Gasteiger partial charge in [-0.25, -0.2) is 4.39 Å². The first kappa shape index (κ1) is 21.3. The molecule has 2 aliphatic rings. The van der Waals surface area contributed by atoms with Gasteiger partial charge in [-0.2, -0.15) is 0 Å². The van der Waals surface area contributed by atoms with E-state index >= 15 is 0 Å². The third kappa shape index (κ3) is 4.14. The van der Waals surface area contributed by atoms with Crippen molar-refractivity contribution in [1.29, 1.82) is 0 Å². The lowest BCUT2D eigenvalue weighted by Crippen LogP contribution is -2.59. The number of nitrogens with one attached hydrogen (secondary N) is 1. The Morgan fingerprint density at radius 2 is 1.52 bits per heavy atom. The van der Waals surface area contributed by atoms with Gasteiger partial charge in [0.1, 0.15) is 5.82 Å². The van der Waals surface area contributed by atoms with Gasteiger partial charge in [0.25, 0.3) is 5.91 Å². The van der Waals surface area contributed by atoms with Crippen LogP contribution in [0.5, 0.6) is 0 Å². The Labute approximate surface area is 192 Å². The van der Waals surface area contributed by atoms with E-state index < -0.39 is 5.66 Å². The highest BCUT2D eigenvalue weighted by atomic mass is 19.1. The molecule has 0 saturated carbocycles. The molecule has 1 N–H and O–H groups in total. The maximum Gasteiger partial charge on any atom is 0.253 e. The molecule has 0 radical (unpaired) electrons. The molecule has 0 aromatic heterocycles. The summed E-state index contributed by atoms with van der Waals surface area (Å²) in [7, 11) is 0. The summed E-state index contributed by atoms with van der Waals surface area (Å²) in [4.78, 5) is 29.3. The lowest BCUT2D eigenvalue weighted by molar-refractivity contribution is -0.132. The van der Waals surface area contributed by atoms with Crippen LogP contribution in [0.15, 0.2) is 78.9 Å². The van der Waals surface area contributed by atoms with Crippen LogP contribution in [0.2, 0.25) is 0 Å². The highest BCUT2D eigenvalue weighted by molar-refractivity contribution is 5.95. The number of likely N-dealkylation sites (tertiary alicyclic amines) is 1. The molecular formula is C27H26FN3O2. The van der Waals surface area contributed by atoms with Crippen molar-refractivity contribution < 1.29 is 14.0 Å². The number of piperidine rings is 1. The van der Waals surface area contributed by atoms with Gasteiger partial charge in [-0.05, 0) is 29.3 Å². The summed E-state index contributed by atoms with van der Waals surface area (Å²) >= 11 is 0. The lowest BCUT2D eigenvalue weighted by atomic mass is 9.94. The Kier molecular flexibility index (Phi) is 5.68. The molecule has 5 nitrogen and oxygen atoms in total. The van der Waals surface area contributed by atoms with E-state index in [1.165, 1.54) is 6.07 Å². The number of halogens is 1. The molecule has 0 unspecified atom stereocenters. The second-order valence-corrected chi connectivity index (χ2v) is 8.69. The van der Waals surface area contributed by atoms with Crippen LogP contribution in [-0.2, 0) is 11.3 Å². The van der Waals surface area contributed by atoms with Crippen LogP contribution >= 0.6 is 0 Å². The monoisotopic (exact) mass is 443 g/mol. The van der Waals surface area contributed by atoms with Crippen molar-refractivity contribution in [3.63, 3.8) is 0 Å². The quantitative estimate of drug-likeness (QED) is 0.662. The van der Waals surface area contributed by atoms with Gasteiger partial charge in [-0.1, -0.05) is 60.7 Å². The fraction of sp³-hybridized carbons (Fsp3) is 0.259. The predicted octanol–water partition coefficient (Wildman–Crippen LogP) is 4.06. The second kappa shape index (κ2) is 8.79. The van der Waals surface area contributed by atoms with E-state index in [1.54, 1.807) is 23.1 Å². The van der Waals surface area contributed by atoms with Gasteiger partial charge >= 0.3 is 0 Å². The number of rotatable bonds is 4. The summed E-state index contributed by atoms with van der Waals surface area (Å²) in [6, 6.07) is 24.3. The number of amides is 2. The third-order valence-electron chi connectivity index (χ3n) is 6.79. The van der Waals surface area contributed by atoms with Gasteiger partial charge in [0.05, 0.1) is 18.8 Å². The molecule has 0 bridgehead atoms. The Morgan fingerprint density at radius 3 is 2.21 bits per heavy atom. The number of carbonyl (C=O) groups is 2.